The van der Waals surface area contributed by atoms with Crippen molar-refractivity contribution in [3.63, 3.8) is 0 Å². The van der Waals surface area contributed by atoms with E-state index in [1.165, 1.54) is 0 Å². The molecule has 1 saturated carbocycles. The van der Waals surface area contributed by atoms with E-state index in [4.69, 9.17) is 11.6 Å². The molecule has 0 aromatic carbocycles. The summed E-state index contributed by atoms with van der Waals surface area (Å²) in [4.78, 5) is 4.05. The molecule has 1 aromatic rings. The molecule has 78 valence electrons. The van der Waals surface area contributed by atoms with Crippen LogP contribution in [0.4, 0.5) is 0 Å². The van der Waals surface area contributed by atoms with E-state index in [0.717, 1.165) is 12.1 Å². The number of aliphatic hydroxyl groups excluding tert-OH is 1. The summed E-state index contributed by atoms with van der Waals surface area (Å²) in [6.07, 6.45) is 2.67. The van der Waals surface area contributed by atoms with E-state index in [0.29, 0.717) is 5.15 Å². The molecule has 1 aromatic heterocycles. The fourth-order valence-electron chi connectivity index (χ4n) is 2.40. The van der Waals surface area contributed by atoms with E-state index in [2.05, 4.69) is 18.8 Å². The summed E-state index contributed by atoms with van der Waals surface area (Å²) in [7, 11) is 1.92. The molecule has 2 rings (SSSR count). The second kappa shape index (κ2) is 2.74. The van der Waals surface area contributed by atoms with Gasteiger partial charge in [0.25, 0.3) is 0 Å². The highest BCUT2D eigenvalue weighted by Crippen LogP contribution is 2.64. The van der Waals surface area contributed by atoms with Gasteiger partial charge in [-0.15, -0.1) is 0 Å². The molecule has 0 spiro atoms. The lowest BCUT2D eigenvalue weighted by Crippen LogP contribution is -2.22. The van der Waals surface area contributed by atoms with Crippen molar-refractivity contribution in [2.24, 2.45) is 12.5 Å². The van der Waals surface area contributed by atoms with Crippen molar-refractivity contribution in [3.8, 4) is 0 Å². The first-order valence-corrected chi connectivity index (χ1v) is 5.10. The maximum atomic E-state index is 9.51. The van der Waals surface area contributed by atoms with Crippen molar-refractivity contribution in [2.45, 2.75) is 25.7 Å². The van der Waals surface area contributed by atoms with Crippen LogP contribution in [0.25, 0.3) is 0 Å². The quantitative estimate of drug-likeness (QED) is 0.815. The Morgan fingerprint density at radius 1 is 1.64 bits per heavy atom. The molecule has 0 bridgehead atoms. The molecule has 3 nitrogen and oxygen atoms in total. The van der Waals surface area contributed by atoms with E-state index in [1.54, 1.807) is 6.33 Å². The Morgan fingerprint density at radius 2 is 2.21 bits per heavy atom. The summed E-state index contributed by atoms with van der Waals surface area (Å²) in [5.74, 6) is 0. The number of rotatable bonds is 2. The Kier molecular flexibility index (Phi) is 1.95. The number of hydrogen-bond donors (Lipinski definition) is 1. The van der Waals surface area contributed by atoms with Crippen LogP contribution in [0.3, 0.4) is 0 Å². The molecule has 14 heavy (non-hydrogen) atoms. The third kappa shape index (κ3) is 1.06. The Hall–Kier alpha value is -0.540. The van der Waals surface area contributed by atoms with Crippen molar-refractivity contribution < 1.29 is 5.11 Å². The summed E-state index contributed by atoms with van der Waals surface area (Å²) in [5.41, 5.74) is 0.904. The molecule has 0 amide bonds. The van der Waals surface area contributed by atoms with Gasteiger partial charge in [0.2, 0.25) is 0 Å². The van der Waals surface area contributed by atoms with Gasteiger partial charge in [-0.1, -0.05) is 25.4 Å². The van der Waals surface area contributed by atoms with Crippen LogP contribution >= 0.6 is 11.6 Å². The van der Waals surface area contributed by atoms with Crippen molar-refractivity contribution in [2.75, 3.05) is 6.61 Å². The van der Waals surface area contributed by atoms with Gasteiger partial charge in [0.15, 0.2) is 5.15 Å². The minimum Gasteiger partial charge on any atom is -0.395 e. The molecule has 1 aliphatic carbocycles. The molecule has 0 aliphatic heterocycles. The van der Waals surface area contributed by atoms with Gasteiger partial charge in [-0.05, 0) is 11.8 Å². The minimum absolute atomic E-state index is 0.124. The Bertz CT molecular complexity index is 353. The van der Waals surface area contributed by atoms with Crippen molar-refractivity contribution >= 4 is 11.6 Å². The first-order chi connectivity index (χ1) is 6.44. The lowest BCUT2D eigenvalue weighted by molar-refractivity contribution is 0.226. The SMILES string of the molecule is Cn1cnc(Cl)c1C1(CO)CC1(C)C. The van der Waals surface area contributed by atoms with Crippen LogP contribution in [-0.2, 0) is 12.5 Å². The summed E-state index contributed by atoms with van der Waals surface area (Å²) in [6, 6.07) is 0. The molecule has 4 heteroatoms. The zero-order valence-electron chi connectivity index (χ0n) is 8.71. The average Bonchev–Trinajstić information content (AvgIpc) is 2.49. The van der Waals surface area contributed by atoms with Crippen LogP contribution in [0.15, 0.2) is 6.33 Å². The highest BCUT2D eigenvalue weighted by Gasteiger charge is 2.63. The van der Waals surface area contributed by atoms with Gasteiger partial charge in [0.05, 0.1) is 18.6 Å². The fourth-order valence-corrected chi connectivity index (χ4v) is 2.75. The number of aryl methyl sites for hydroxylation is 1. The smallest absolute Gasteiger partial charge is 0.150 e. The third-order valence-electron chi connectivity index (χ3n) is 3.53. The zero-order chi connectivity index (χ0) is 10.6. The topological polar surface area (TPSA) is 38.0 Å². The number of aromatic nitrogens is 2. The lowest BCUT2D eigenvalue weighted by Gasteiger charge is -2.18. The van der Waals surface area contributed by atoms with Crippen LogP contribution in [0.2, 0.25) is 5.15 Å². The molecule has 1 heterocycles. The van der Waals surface area contributed by atoms with Crippen LogP contribution in [0.5, 0.6) is 0 Å². The average molecular weight is 215 g/mol. The van der Waals surface area contributed by atoms with Gasteiger partial charge in [0.1, 0.15) is 0 Å². The summed E-state index contributed by atoms with van der Waals surface area (Å²) >= 11 is 6.03. The Morgan fingerprint density at radius 3 is 2.50 bits per heavy atom. The number of nitrogens with zero attached hydrogens (tertiary/aromatic N) is 2. The van der Waals surface area contributed by atoms with Gasteiger partial charge in [0, 0.05) is 12.5 Å². The zero-order valence-corrected chi connectivity index (χ0v) is 9.47. The second-order valence-electron chi connectivity index (χ2n) is 4.80. The van der Waals surface area contributed by atoms with Gasteiger partial charge >= 0.3 is 0 Å². The molecule has 1 fully saturated rings. The molecule has 1 unspecified atom stereocenters. The maximum Gasteiger partial charge on any atom is 0.150 e. The predicted molar refractivity (Wildman–Crippen MR) is 55.4 cm³/mol. The predicted octanol–water partition coefficient (Wildman–Crippen LogP) is 1.73. The Labute approximate surface area is 88.7 Å². The molecule has 1 aliphatic rings. The second-order valence-corrected chi connectivity index (χ2v) is 5.15. The molecule has 1 atom stereocenters. The fraction of sp³-hybridized carbons (Fsp3) is 0.700. The minimum atomic E-state index is -0.185. The number of hydrogen-bond acceptors (Lipinski definition) is 2. The number of aliphatic hydroxyl groups is 1. The third-order valence-corrected chi connectivity index (χ3v) is 3.81. The summed E-state index contributed by atoms with van der Waals surface area (Å²) in [6.45, 7) is 4.43. The number of imidazole rings is 1. The Balaban J connectivity index is 2.50. The van der Waals surface area contributed by atoms with Gasteiger partial charge in [-0.25, -0.2) is 4.98 Å². The van der Waals surface area contributed by atoms with E-state index >= 15 is 0 Å². The monoisotopic (exact) mass is 214 g/mol. The van der Waals surface area contributed by atoms with Crippen LogP contribution in [0.1, 0.15) is 26.0 Å². The van der Waals surface area contributed by atoms with E-state index in [1.807, 2.05) is 11.6 Å². The largest absolute Gasteiger partial charge is 0.395 e. The first kappa shape index (κ1) is 9.99. The lowest BCUT2D eigenvalue weighted by atomic mass is 9.93. The first-order valence-electron chi connectivity index (χ1n) is 4.73. The standard InChI is InChI=1S/C10H15ClN2O/c1-9(2)4-10(9,5-14)7-8(11)12-6-13(7)3/h6,14H,4-5H2,1-3H3. The summed E-state index contributed by atoms with van der Waals surface area (Å²) < 4.78 is 1.91. The van der Waals surface area contributed by atoms with Crippen LogP contribution in [0, 0.1) is 5.41 Å². The van der Waals surface area contributed by atoms with Crippen LogP contribution < -0.4 is 0 Å². The van der Waals surface area contributed by atoms with Gasteiger partial charge in [-0.2, -0.15) is 0 Å². The maximum absolute atomic E-state index is 9.51. The highest BCUT2D eigenvalue weighted by atomic mass is 35.5. The normalized spacial score (nSPS) is 29.2. The van der Waals surface area contributed by atoms with Crippen LogP contribution in [-0.4, -0.2) is 21.3 Å². The van der Waals surface area contributed by atoms with Crippen molar-refractivity contribution in [3.05, 3.63) is 17.2 Å². The van der Waals surface area contributed by atoms with E-state index in [9.17, 15) is 5.11 Å². The highest BCUT2D eigenvalue weighted by molar-refractivity contribution is 6.30. The van der Waals surface area contributed by atoms with Gasteiger partial charge in [-0.3, -0.25) is 0 Å². The van der Waals surface area contributed by atoms with E-state index < -0.39 is 0 Å². The molecular formula is C10H15ClN2O. The number of halogens is 1. The van der Waals surface area contributed by atoms with Gasteiger partial charge < -0.3 is 9.67 Å². The van der Waals surface area contributed by atoms with Crippen molar-refractivity contribution in [1.82, 2.24) is 9.55 Å². The summed E-state index contributed by atoms with van der Waals surface area (Å²) in [5, 5.41) is 10.0. The molecular weight excluding hydrogens is 200 g/mol. The molecule has 0 radical (unpaired) electrons. The van der Waals surface area contributed by atoms with E-state index in [-0.39, 0.29) is 17.4 Å². The molecule has 0 saturated heterocycles. The van der Waals surface area contributed by atoms with Crippen molar-refractivity contribution in [1.29, 1.82) is 0 Å². The molecule has 1 N–H and O–H groups in total.